The summed E-state index contributed by atoms with van der Waals surface area (Å²) in [6.45, 7) is 6.10. The monoisotopic (exact) mass is 219 g/mol. The molecule has 1 fully saturated rings. The number of hydrogen-bond donors (Lipinski definition) is 1. The van der Waals surface area contributed by atoms with E-state index in [-0.39, 0.29) is 0 Å². The normalized spacial score (nSPS) is 17.1. The van der Waals surface area contributed by atoms with Gasteiger partial charge >= 0.3 is 0 Å². The molecule has 0 amide bonds. The smallest absolute Gasteiger partial charge is 0.119 e. The molecule has 0 radical (unpaired) electrons. The molecule has 1 unspecified atom stereocenters. The van der Waals surface area contributed by atoms with Crippen molar-refractivity contribution >= 4 is 0 Å². The molecule has 16 heavy (non-hydrogen) atoms. The number of hydrogen-bond acceptors (Lipinski definition) is 2. The summed E-state index contributed by atoms with van der Waals surface area (Å²) in [7, 11) is 0. The Kier molecular flexibility index (Phi) is 3.83. The number of rotatable bonds is 6. The van der Waals surface area contributed by atoms with Gasteiger partial charge in [0, 0.05) is 12.6 Å². The second-order valence-electron chi connectivity index (χ2n) is 4.59. The average Bonchev–Trinajstić information content (AvgIpc) is 3.11. The Balaban J connectivity index is 1.86. The minimum Gasteiger partial charge on any atom is -0.494 e. The van der Waals surface area contributed by atoms with Gasteiger partial charge in [-0.25, -0.2) is 0 Å². The molecule has 1 saturated carbocycles. The third-order valence-corrected chi connectivity index (χ3v) is 3.05. The van der Waals surface area contributed by atoms with Gasteiger partial charge in [-0.3, -0.25) is 0 Å². The third kappa shape index (κ3) is 3.24. The molecule has 0 bridgehead atoms. The van der Waals surface area contributed by atoms with Gasteiger partial charge in [-0.2, -0.15) is 0 Å². The molecule has 0 aliphatic heterocycles. The quantitative estimate of drug-likeness (QED) is 0.794. The number of ether oxygens (including phenoxy) is 1. The van der Waals surface area contributed by atoms with Gasteiger partial charge in [-0.05, 0) is 43.4 Å². The molecule has 2 heteroatoms. The van der Waals surface area contributed by atoms with Crippen molar-refractivity contribution in [2.75, 3.05) is 13.2 Å². The maximum Gasteiger partial charge on any atom is 0.119 e. The molecule has 0 aromatic heterocycles. The van der Waals surface area contributed by atoms with E-state index in [0.717, 1.165) is 24.9 Å². The van der Waals surface area contributed by atoms with Crippen molar-refractivity contribution in [1.29, 1.82) is 0 Å². The van der Waals surface area contributed by atoms with Crippen LogP contribution in [0.15, 0.2) is 24.3 Å². The molecular formula is C14H21NO. The van der Waals surface area contributed by atoms with Gasteiger partial charge in [0.25, 0.3) is 0 Å². The maximum absolute atomic E-state index is 5.43. The van der Waals surface area contributed by atoms with E-state index in [4.69, 9.17) is 4.74 Å². The highest BCUT2D eigenvalue weighted by Gasteiger charge is 2.21. The van der Waals surface area contributed by atoms with E-state index in [0.29, 0.717) is 5.92 Å². The predicted molar refractivity (Wildman–Crippen MR) is 67.1 cm³/mol. The topological polar surface area (TPSA) is 21.3 Å². The summed E-state index contributed by atoms with van der Waals surface area (Å²) in [5, 5.41) is 3.56. The van der Waals surface area contributed by atoms with E-state index in [1.807, 2.05) is 6.92 Å². The lowest BCUT2D eigenvalue weighted by atomic mass is 10.0. The van der Waals surface area contributed by atoms with Crippen LogP contribution >= 0.6 is 0 Å². The fourth-order valence-corrected chi connectivity index (χ4v) is 1.81. The Morgan fingerprint density at radius 3 is 2.56 bits per heavy atom. The highest BCUT2D eigenvalue weighted by atomic mass is 16.5. The molecule has 1 N–H and O–H groups in total. The summed E-state index contributed by atoms with van der Waals surface area (Å²) in [4.78, 5) is 0. The highest BCUT2D eigenvalue weighted by molar-refractivity contribution is 5.29. The summed E-state index contributed by atoms with van der Waals surface area (Å²) in [5.74, 6) is 1.55. The number of nitrogens with one attached hydrogen (secondary N) is 1. The average molecular weight is 219 g/mol. The van der Waals surface area contributed by atoms with Gasteiger partial charge in [-0.15, -0.1) is 0 Å². The number of benzene rings is 1. The molecule has 88 valence electrons. The van der Waals surface area contributed by atoms with E-state index >= 15 is 0 Å². The zero-order valence-corrected chi connectivity index (χ0v) is 10.2. The van der Waals surface area contributed by atoms with Crippen molar-refractivity contribution in [3.8, 4) is 5.75 Å². The van der Waals surface area contributed by atoms with Gasteiger partial charge in [0.05, 0.1) is 6.61 Å². The first-order valence-electron chi connectivity index (χ1n) is 6.25. The molecule has 1 atom stereocenters. The van der Waals surface area contributed by atoms with Crippen LogP contribution in [0.25, 0.3) is 0 Å². The van der Waals surface area contributed by atoms with Crippen molar-refractivity contribution in [1.82, 2.24) is 5.32 Å². The van der Waals surface area contributed by atoms with Crippen molar-refractivity contribution in [2.24, 2.45) is 0 Å². The summed E-state index contributed by atoms with van der Waals surface area (Å²) < 4.78 is 5.43. The van der Waals surface area contributed by atoms with Gasteiger partial charge < -0.3 is 10.1 Å². The van der Waals surface area contributed by atoms with Crippen molar-refractivity contribution < 1.29 is 4.74 Å². The zero-order valence-electron chi connectivity index (χ0n) is 10.2. The first-order valence-corrected chi connectivity index (χ1v) is 6.25. The van der Waals surface area contributed by atoms with Gasteiger partial charge in [0.2, 0.25) is 0 Å². The van der Waals surface area contributed by atoms with Crippen molar-refractivity contribution in [3.63, 3.8) is 0 Å². The van der Waals surface area contributed by atoms with Gasteiger partial charge in [-0.1, -0.05) is 19.1 Å². The Morgan fingerprint density at radius 1 is 1.31 bits per heavy atom. The fraction of sp³-hybridized carbons (Fsp3) is 0.571. The molecule has 2 nitrogen and oxygen atoms in total. The predicted octanol–water partition coefficient (Wildman–Crippen LogP) is 2.94. The highest BCUT2D eigenvalue weighted by Crippen LogP contribution is 2.22. The molecule has 0 saturated heterocycles. The minimum atomic E-state index is 0.580. The van der Waals surface area contributed by atoms with E-state index in [9.17, 15) is 0 Å². The van der Waals surface area contributed by atoms with Crippen LogP contribution in [0.2, 0.25) is 0 Å². The lowest BCUT2D eigenvalue weighted by molar-refractivity contribution is 0.340. The molecule has 0 heterocycles. The molecule has 0 spiro atoms. The van der Waals surface area contributed by atoms with Crippen LogP contribution in [-0.4, -0.2) is 19.2 Å². The first-order chi connectivity index (χ1) is 7.79. The fourth-order valence-electron chi connectivity index (χ4n) is 1.81. The van der Waals surface area contributed by atoms with Crippen molar-refractivity contribution in [3.05, 3.63) is 29.8 Å². The third-order valence-electron chi connectivity index (χ3n) is 3.05. The maximum atomic E-state index is 5.43. The van der Waals surface area contributed by atoms with Crippen molar-refractivity contribution in [2.45, 2.75) is 38.6 Å². The summed E-state index contributed by atoms with van der Waals surface area (Å²) in [6.07, 6.45) is 2.71. The van der Waals surface area contributed by atoms with Crippen LogP contribution in [0.5, 0.6) is 5.75 Å². The summed E-state index contributed by atoms with van der Waals surface area (Å²) >= 11 is 0. The van der Waals surface area contributed by atoms with Crippen LogP contribution < -0.4 is 10.1 Å². The molecule has 2 rings (SSSR count). The van der Waals surface area contributed by atoms with Gasteiger partial charge in [0.15, 0.2) is 0 Å². The SMILES string of the molecule is CCOc1ccc(C(C)CNC2CC2)cc1. The zero-order chi connectivity index (χ0) is 11.4. The molecule has 1 aliphatic carbocycles. The Morgan fingerprint density at radius 2 is 2.00 bits per heavy atom. The minimum absolute atomic E-state index is 0.580. The Labute approximate surface area is 98.0 Å². The van der Waals surface area contributed by atoms with Crippen LogP contribution in [0, 0.1) is 0 Å². The van der Waals surface area contributed by atoms with Crippen LogP contribution in [0.3, 0.4) is 0 Å². The first kappa shape index (κ1) is 11.5. The molecule has 1 aliphatic rings. The molecular weight excluding hydrogens is 198 g/mol. The summed E-state index contributed by atoms with van der Waals surface area (Å²) in [5.41, 5.74) is 1.39. The standard InChI is InChI=1S/C14H21NO/c1-3-16-14-8-4-12(5-9-14)11(2)10-15-13-6-7-13/h4-5,8-9,11,13,15H,3,6-7,10H2,1-2H3. The Hall–Kier alpha value is -1.02. The molecule has 1 aromatic carbocycles. The van der Waals surface area contributed by atoms with Crippen LogP contribution in [-0.2, 0) is 0 Å². The second-order valence-corrected chi connectivity index (χ2v) is 4.59. The Bertz CT molecular complexity index is 316. The van der Waals surface area contributed by atoms with E-state index in [2.05, 4.69) is 36.5 Å². The second kappa shape index (κ2) is 5.35. The van der Waals surface area contributed by atoms with Crippen LogP contribution in [0.4, 0.5) is 0 Å². The lowest BCUT2D eigenvalue weighted by Gasteiger charge is -2.13. The van der Waals surface area contributed by atoms with E-state index in [1.54, 1.807) is 0 Å². The largest absolute Gasteiger partial charge is 0.494 e. The van der Waals surface area contributed by atoms with Gasteiger partial charge in [0.1, 0.15) is 5.75 Å². The van der Waals surface area contributed by atoms with E-state index in [1.165, 1.54) is 18.4 Å². The van der Waals surface area contributed by atoms with Crippen LogP contribution in [0.1, 0.15) is 38.2 Å². The van der Waals surface area contributed by atoms with E-state index < -0.39 is 0 Å². The molecule has 1 aromatic rings. The lowest BCUT2D eigenvalue weighted by Crippen LogP contribution is -2.21. The summed E-state index contributed by atoms with van der Waals surface area (Å²) in [6, 6.07) is 9.26.